The molecule has 0 aliphatic carbocycles. The van der Waals surface area contributed by atoms with Gasteiger partial charge in [-0.15, -0.1) is 11.8 Å². The van der Waals surface area contributed by atoms with Gasteiger partial charge in [0, 0.05) is 15.1 Å². The van der Waals surface area contributed by atoms with E-state index in [1.807, 2.05) is 24.3 Å². The van der Waals surface area contributed by atoms with Gasteiger partial charge in [0.05, 0.1) is 5.37 Å². The summed E-state index contributed by atoms with van der Waals surface area (Å²) in [6.45, 7) is 0.00757. The summed E-state index contributed by atoms with van der Waals surface area (Å²) in [6, 6.07) is 14.4. The normalized spacial score (nSPS) is 18.7. The molecule has 8 heteroatoms. The van der Waals surface area contributed by atoms with Crippen LogP contribution < -0.4 is 5.32 Å². The van der Waals surface area contributed by atoms with Gasteiger partial charge in [0.15, 0.2) is 0 Å². The van der Waals surface area contributed by atoms with Crippen molar-refractivity contribution in [2.75, 3.05) is 0 Å². The molecular weight excluding hydrogens is 454 g/mol. The van der Waals surface area contributed by atoms with Gasteiger partial charge >= 0.3 is 12.1 Å². The fraction of sp³-hybridized carbons (Fsp3) is 0.158. The number of rotatable bonds is 5. The molecule has 140 valence electrons. The van der Waals surface area contributed by atoms with Crippen LogP contribution in [0.25, 0.3) is 5.57 Å². The number of halogens is 2. The fourth-order valence-electron chi connectivity index (χ4n) is 2.65. The number of hydrogen-bond acceptors (Lipinski definition) is 4. The van der Waals surface area contributed by atoms with Gasteiger partial charge in [-0.1, -0.05) is 57.9 Å². The summed E-state index contributed by atoms with van der Waals surface area (Å²) in [4.78, 5) is 23.9. The number of carboxylic acid groups (broad SMARTS) is 1. The first-order valence-corrected chi connectivity index (χ1v) is 10.1. The first-order valence-electron chi connectivity index (χ1n) is 7.96. The van der Waals surface area contributed by atoms with Crippen molar-refractivity contribution in [2.24, 2.45) is 5.92 Å². The predicted molar refractivity (Wildman–Crippen MR) is 109 cm³/mol. The summed E-state index contributed by atoms with van der Waals surface area (Å²) in [5.74, 6) is -1.88. The molecular formula is C19H15BrClNO4S. The van der Waals surface area contributed by atoms with Crippen LogP contribution in [0.5, 0.6) is 0 Å². The van der Waals surface area contributed by atoms with Gasteiger partial charge in [-0.3, -0.25) is 4.79 Å². The molecule has 3 rings (SSSR count). The second-order valence-electron chi connectivity index (χ2n) is 5.76. The van der Waals surface area contributed by atoms with Crippen LogP contribution in [0.15, 0.2) is 58.4 Å². The average Bonchev–Trinajstić information content (AvgIpc) is 3.05. The van der Waals surface area contributed by atoms with E-state index in [1.165, 1.54) is 11.8 Å². The number of amides is 1. The van der Waals surface area contributed by atoms with Crippen molar-refractivity contribution in [1.29, 1.82) is 0 Å². The van der Waals surface area contributed by atoms with Crippen molar-refractivity contribution >= 4 is 56.9 Å². The van der Waals surface area contributed by atoms with Crippen molar-refractivity contribution in [3.8, 4) is 0 Å². The molecule has 1 amide bonds. The maximum absolute atomic E-state index is 12.1. The fourth-order valence-corrected chi connectivity index (χ4v) is 4.26. The molecule has 5 nitrogen and oxygen atoms in total. The van der Waals surface area contributed by atoms with Crippen LogP contribution in [-0.2, 0) is 16.1 Å². The summed E-state index contributed by atoms with van der Waals surface area (Å²) in [5, 5.41) is 13.9. The van der Waals surface area contributed by atoms with Gasteiger partial charge in [0.25, 0.3) is 0 Å². The molecule has 2 unspecified atom stereocenters. The topological polar surface area (TPSA) is 75.6 Å². The first kappa shape index (κ1) is 19.8. The Labute approximate surface area is 173 Å². The van der Waals surface area contributed by atoms with E-state index in [1.54, 1.807) is 29.7 Å². The summed E-state index contributed by atoms with van der Waals surface area (Å²) >= 11 is 10.6. The third-order valence-corrected chi connectivity index (χ3v) is 5.97. The average molecular weight is 469 g/mol. The van der Waals surface area contributed by atoms with Gasteiger partial charge < -0.3 is 15.2 Å². The number of carbonyl (C=O) groups excluding carboxylic acids is 1. The van der Waals surface area contributed by atoms with E-state index in [2.05, 4.69) is 21.2 Å². The Morgan fingerprint density at radius 2 is 1.89 bits per heavy atom. The lowest BCUT2D eigenvalue weighted by molar-refractivity contribution is -0.139. The SMILES string of the molecule is O=C(NC1SC=C(c2ccc(Br)cc2)C1C(=O)O)OCc1ccccc1Cl. The number of alkyl carbamates (subject to hydrolysis) is 1. The Balaban J connectivity index is 1.64. The van der Waals surface area contributed by atoms with E-state index in [0.717, 1.165) is 10.0 Å². The molecule has 0 radical (unpaired) electrons. The highest BCUT2D eigenvalue weighted by atomic mass is 79.9. The largest absolute Gasteiger partial charge is 0.481 e. The quantitative estimate of drug-likeness (QED) is 0.635. The predicted octanol–water partition coefficient (Wildman–Crippen LogP) is 5.14. The Morgan fingerprint density at radius 1 is 1.19 bits per heavy atom. The number of nitrogens with one attached hydrogen (secondary N) is 1. The number of benzene rings is 2. The van der Waals surface area contributed by atoms with Crippen LogP contribution in [0.2, 0.25) is 5.02 Å². The summed E-state index contributed by atoms with van der Waals surface area (Å²) < 4.78 is 6.09. The van der Waals surface area contributed by atoms with Gasteiger partial charge in [0.2, 0.25) is 0 Å². The lowest BCUT2D eigenvalue weighted by atomic mass is 9.94. The molecule has 0 aromatic heterocycles. The third-order valence-electron chi connectivity index (χ3n) is 4.00. The van der Waals surface area contributed by atoms with Crippen LogP contribution in [0, 0.1) is 5.92 Å². The molecule has 0 saturated carbocycles. The number of carboxylic acids is 1. The number of aliphatic carboxylic acids is 1. The van der Waals surface area contributed by atoms with Crippen LogP contribution in [0.4, 0.5) is 4.79 Å². The Bertz CT molecular complexity index is 888. The highest BCUT2D eigenvalue weighted by Crippen LogP contribution is 2.40. The first-order chi connectivity index (χ1) is 13.0. The van der Waals surface area contributed by atoms with Crippen molar-refractivity contribution in [3.63, 3.8) is 0 Å². The van der Waals surface area contributed by atoms with E-state index >= 15 is 0 Å². The molecule has 2 aromatic rings. The van der Waals surface area contributed by atoms with Crippen LogP contribution >= 0.6 is 39.3 Å². The van der Waals surface area contributed by atoms with Gasteiger partial charge in [-0.2, -0.15) is 0 Å². The second kappa shape index (κ2) is 8.82. The van der Waals surface area contributed by atoms with E-state index in [0.29, 0.717) is 16.2 Å². The highest BCUT2D eigenvalue weighted by molar-refractivity contribution is 9.10. The molecule has 0 saturated heterocycles. The van der Waals surface area contributed by atoms with E-state index in [4.69, 9.17) is 16.3 Å². The zero-order valence-corrected chi connectivity index (χ0v) is 17.1. The lowest BCUT2D eigenvalue weighted by Gasteiger charge is -2.19. The Hall–Kier alpha value is -1.96. The highest BCUT2D eigenvalue weighted by Gasteiger charge is 2.38. The van der Waals surface area contributed by atoms with Crippen LogP contribution in [-0.4, -0.2) is 22.5 Å². The number of ether oxygens (including phenoxy) is 1. The number of hydrogen-bond donors (Lipinski definition) is 2. The maximum atomic E-state index is 12.1. The van der Waals surface area contributed by atoms with E-state index in [9.17, 15) is 14.7 Å². The standard InChI is InChI=1S/C19H15BrClNO4S/c20-13-7-5-11(6-8-13)14-10-27-17(16(14)18(23)24)22-19(25)26-9-12-3-1-2-4-15(12)21/h1-8,10,16-17H,9H2,(H,22,25)(H,23,24). The minimum Gasteiger partial charge on any atom is -0.481 e. The smallest absolute Gasteiger partial charge is 0.408 e. The van der Waals surface area contributed by atoms with Crippen molar-refractivity contribution < 1.29 is 19.4 Å². The molecule has 0 bridgehead atoms. The zero-order valence-electron chi connectivity index (χ0n) is 13.9. The monoisotopic (exact) mass is 467 g/mol. The molecule has 0 spiro atoms. The zero-order chi connectivity index (χ0) is 19.4. The lowest BCUT2D eigenvalue weighted by Crippen LogP contribution is -2.39. The molecule has 1 heterocycles. The number of thioether (sulfide) groups is 1. The second-order valence-corrected chi connectivity index (χ2v) is 8.10. The van der Waals surface area contributed by atoms with Gasteiger partial charge in [-0.25, -0.2) is 4.79 Å². The molecule has 1 aliphatic heterocycles. The van der Waals surface area contributed by atoms with Crippen LogP contribution in [0.3, 0.4) is 0 Å². The molecule has 27 heavy (non-hydrogen) atoms. The van der Waals surface area contributed by atoms with Gasteiger partial charge in [0.1, 0.15) is 12.5 Å². The third kappa shape index (κ3) is 4.86. The van der Waals surface area contributed by atoms with Gasteiger partial charge in [-0.05, 0) is 34.7 Å². The Morgan fingerprint density at radius 3 is 2.56 bits per heavy atom. The number of carbonyl (C=O) groups is 2. The summed E-state index contributed by atoms with van der Waals surface area (Å²) in [5.41, 5.74) is 2.13. The molecule has 2 N–H and O–H groups in total. The van der Waals surface area contributed by atoms with E-state index < -0.39 is 23.4 Å². The molecule has 2 aromatic carbocycles. The molecule has 0 fully saturated rings. The Kier molecular flexibility index (Phi) is 6.46. The van der Waals surface area contributed by atoms with E-state index in [-0.39, 0.29) is 6.61 Å². The summed E-state index contributed by atoms with van der Waals surface area (Å²) in [7, 11) is 0. The van der Waals surface area contributed by atoms with Crippen molar-refractivity contribution in [3.05, 3.63) is 74.6 Å². The maximum Gasteiger partial charge on any atom is 0.408 e. The summed E-state index contributed by atoms with van der Waals surface area (Å²) in [6.07, 6.45) is -0.691. The molecule has 1 aliphatic rings. The molecule has 2 atom stereocenters. The minimum absolute atomic E-state index is 0.00757. The minimum atomic E-state index is -1.01. The van der Waals surface area contributed by atoms with Crippen LogP contribution in [0.1, 0.15) is 11.1 Å². The van der Waals surface area contributed by atoms with Crippen molar-refractivity contribution in [1.82, 2.24) is 5.32 Å². The van der Waals surface area contributed by atoms with Crippen molar-refractivity contribution in [2.45, 2.75) is 12.0 Å².